The second kappa shape index (κ2) is 8.53. The first-order valence-corrected chi connectivity index (χ1v) is 8.56. The lowest BCUT2D eigenvalue weighted by atomic mass is 10.0. The van der Waals surface area contributed by atoms with Crippen LogP contribution in [0.2, 0.25) is 0 Å². The molecule has 0 aliphatic heterocycles. The van der Waals surface area contributed by atoms with Crippen LogP contribution in [0.15, 0.2) is 42.5 Å². The zero-order valence-electron chi connectivity index (χ0n) is 15.1. The maximum atomic E-state index is 12.0. The van der Waals surface area contributed by atoms with E-state index in [0.29, 0.717) is 25.4 Å². The van der Waals surface area contributed by atoms with Crippen LogP contribution in [0.3, 0.4) is 0 Å². The molecule has 1 N–H and O–H groups in total. The Labute approximate surface area is 145 Å². The monoisotopic (exact) mass is 325 g/mol. The van der Waals surface area contributed by atoms with Crippen molar-refractivity contribution in [1.29, 1.82) is 0 Å². The van der Waals surface area contributed by atoms with E-state index in [9.17, 15) is 4.79 Å². The summed E-state index contributed by atoms with van der Waals surface area (Å²) >= 11 is 0. The SMILES string of the molecule is Cc1cccc(NC(=O)CCCOc2ccc(C(C)C)cc2)c1C. The highest BCUT2D eigenvalue weighted by Gasteiger charge is 2.06. The fourth-order valence-corrected chi connectivity index (χ4v) is 2.47. The summed E-state index contributed by atoms with van der Waals surface area (Å²) in [7, 11) is 0. The van der Waals surface area contributed by atoms with Gasteiger partial charge in [-0.3, -0.25) is 4.79 Å². The molecule has 0 aliphatic carbocycles. The van der Waals surface area contributed by atoms with E-state index in [-0.39, 0.29) is 5.91 Å². The molecule has 0 atom stereocenters. The number of aryl methyl sites for hydroxylation is 1. The van der Waals surface area contributed by atoms with Crippen LogP contribution < -0.4 is 10.1 Å². The molecular weight excluding hydrogens is 298 g/mol. The van der Waals surface area contributed by atoms with Gasteiger partial charge in [0.05, 0.1) is 6.61 Å². The first kappa shape index (κ1) is 18.1. The van der Waals surface area contributed by atoms with Crippen LogP contribution in [0, 0.1) is 13.8 Å². The largest absolute Gasteiger partial charge is 0.494 e. The van der Waals surface area contributed by atoms with Crippen molar-refractivity contribution >= 4 is 11.6 Å². The number of anilines is 1. The van der Waals surface area contributed by atoms with E-state index >= 15 is 0 Å². The summed E-state index contributed by atoms with van der Waals surface area (Å²) in [5, 5.41) is 2.98. The van der Waals surface area contributed by atoms with Crippen molar-refractivity contribution in [1.82, 2.24) is 0 Å². The van der Waals surface area contributed by atoms with E-state index in [1.54, 1.807) is 0 Å². The van der Waals surface area contributed by atoms with Gasteiger partial charge in [0.25, 0.3) is 0 Å². The smallest absolute Gasteiger partial charge is 0.224 e. The second-order valence-electron chi connectivity index (χ2n) is 6.47. The number of ether oxygens (including phenoxy) is 1. The van der Waals surface area contributed by atoms with Gasteiger partial charge in [0.15, 0.2) is 0 Å². The predicted molar refractivity (Wildman–Crippen MR) is 99.8 cm³/mol. The molecule has 0 fully saturated rings. The molecule has 2 aromatic rings. The van der Waals surface area contributed by atoms with Gasteiger partial charge >= 0.3 is 0 Å². The lowest BCUT2D eigenvalue weighted by Gasteiger charge is -2.11. The number of amides is 1. The molecule has 0 aliphatic rings. The van der Waals surface area contributed by atoms with Gasteiger partial charge in [-0.05, 0) is 61.1 Å². The first-order valence-electron chi connectivity index (χ1n) is 8.56. The van der Waals surface area contributed by atoms with Crippen molar-refractivity contribution in [2.24, 2.45) is 0 Å². The zero-order valence-corrected chi connectivity index (χ0v) is 15.1. The zero-order chi connectivity index (χ0) is 17.5. The van der Waals surface area contributed by atoms with E-state index in [2.05, 4.69) is 31.3 Å². The number of hydrogen-bond acceptors (Lipinski definition) is 2. The second-order valence-corrected chi connectivity index (χ2v) is 6.47. The molecule has 0 saturated carbocycles. The van der Waals surface area contributed by atoms with E-state index in [1.807, 2.05) is 44.2 Å². The number of carbonyl (C=O) groups is 1. The Balaban J connectivity index is 1.73. The minimum atomic E-state index is 0.0301. The third kappa shape index (κ3) is 5.12. The van der Waals surface area contributed by atoms with Crippen molar-refractivity contribution in [2.75, 3.05) is 11.9 Å². The van der Waals surface area contributed by atoms with Crippen LogP contribution in [0.1, 0.15) is 49.3 Å². The highest BCUT2D eigenvalue weighted by molar-refractivity contribution is 5.91. The molecule has 3 nitrogen and oxygen atoms in total. The fraction of sp³-hybridized carbons (Fsp3) is 0.381. The molecule has 0 heterocycles. The van der Waals surface area contributed by atoms with Crippen LogP contribution in [0.5, 0.6) is 5.75 Å². The molecule has 0 radical (unpaired) electrons. The maximum Gasteiger partial charge on any atom is 0.224 e. The molecule has 24 heavy (non-hydrogen) atoms. The molecule has 0 saturated heterocycles. The van der Waals surface area contributed by atoms with Gasteiger partial charge in [0, 0.05) is 12.1 Å². The Morgan fingerprint density at radius 2 is 1.79 bits per heavy atom. The highest BCUT2D eigenvalue weighted by Crippen LogP contribution is 2.19. The molecule has 0 spiro atoms. The number of benzene rings is 2. The lowest BCUT2D eigenvalue weighted by molar-refractivity contribution is -0.116. The Morgan fingerprint density at radius 1 is 1.08 bits per heavy atom. The molecule has 0 aromatic heterocycles. The van der Waals surface area contributed by atoms with Crippen molar-refractivity contribution in [2.45, 2.75) is 46.5 Å². The Kier molecular flexibility index (Phi) is 6.42. The van der Waals surface area contributed by atoms with E-state index < -0.39 is 0 Å². The Morgan fingerprint density at radius 3 is 2.46 bits per heavy atom. The van der Waals surface area contributed by atoms with Crippen molar-refractivity contribution in [3.8, 4) is 5.75 Å². The van der Waals surface area contributed by atoms with Crippen LogP contribution in [-0.4, -0.2) is 12.5 Å². The standard InChI is InChI=1S/C21H27NO2/c1-15(2)18-10-12-19(13-11-18)24-14-6-9-21(23)22-20-8-5-7-16(3)17(20)4/h5,7-8,10-13,15H,6,9,14H2,1-4H3,(H,22,23). The Bertz CT molecular complexity index is 675. The quantitative estimate of drug-likeness (QED) is 0.708. The minimum Gasteiger partial charge on any atom is -0.494 e. The van der Waals surface area contributed by atoms with Gasteiger partial charge in [0.2, 0.25) is 5.91 Å². The van der Waals surface area contributed by atoms with Crippen LogP contribution in [-0.2, 0) is 4.79 Å². The van der Waals surface area contributed by atoms with E-state index in [1.165, 1.54) is 11.1 Å². The van der Waals surface area contributed by atoms with Gasteiger partial charge in [-0.1, -0.05) is 38.1 Å². The summed E-state index contributed by atoms with van der Waals surface area (Å²) in [6, 6.07) is 14.1. The van der Waals surface area contributed by atoms with Gasteiger partial charge in [-0.2, -0.15) is 0 Å². The van der Waals surface area contributed by atoms with Crippen LogP contribution in [0.25, 0.3) is 0 Å². The number of hydrogen-bond donors (Lipinski definition) is 1. The third-order valence-electron chi connectivity index (χ3n) is 4.24. The first-order chi connectivity index (χ1) is 11.5. The summed E-state index contributed by atoms with van der Waals surface area (Å²) in [6.45, 7) is 8.95. The molecule has 2 rings (SSSR count). The molecule has 128 valence electrons. The fourth-order valence-electron chi connectivity index (χ4n) is 2.47. The maximum absolute atomic E-state index is 12.0. The van der Waals surface area contributed by atoms with Crippen molar-refractivity contribution in [3.63, 3.8) is 0 Å². The van der Waals surface area contributed by atoms with Gasteiger partial charge in [0.1, 0.15) is 5.75 Å². The highest BCUT2D eigenvalue weighted by atomic mass is 16.5. The number of rotatable bonds is 7. The normalized spacial score (nSPS) is 10.7. The van der Waals surface area contributed by atoms with Gasteiger partial charge in [-0.25, -0.2) is 0 Å². The van der Waals surface area contributed by atoms with Crippen LogP contribution >= 0.6 is 0 Å². The van der Waals surface area contributed by atoms with Gasteiger partial charge < -0.3 is 10.1 Å². The molecule has 2 aromatic carbocycles. The Hall–Kier alpha value is -2.29. The molecular formula is C21H27NO2. The van der Waals surface area contributed by atoms with Gasteiger partial charge in [-0.15, -0.1) is 0 Å². The van der Waals surface area contributed by atoms with E-state index in [0.717, 1.165) is 17.0 Å². The van der Waals surface area contributed by atoms with E-state index in [4.69, 9.17) is 4.74 Å². The summed E-state index contributed by atoms with van der Waals surface area (Å²) in [6.07, 6.45) is 1.15. The van der Waals surface area contributed by atoms with Crippen molar-refractivity contribution < 1.29 is 9.53 Å². The number of nitrogens with one attached hydrogen (secondary N) is 1. The molecule has 0 bridgehead atoms. The minimum absolute atomic E-state index is 0.0301. The summed E-state index contributed by atoms with van der Waals surface area (Å²) in [5.74, 6) is 1.41. The molecule has 1 amide bonds. The van der Waals surface area contributed by atoms with Crippen molar-refractivity contribution in [3.05, 3.63) is 59.2 Å². The summed E-state index contributed by atoms with van der Waals surface area (Å²) < 4.78 is 5.70. The lowest BCUT2D eigenvalue weighted by Crippen LogP contribution is -2.13. The number of carbonyl (C=O) groups excluding carboxylic acids is 1. The summed E-state index contributed by atoms with van der Waals surface area (Å²) in [5.41, 5.74) is 4.49. The average molecular weight is 325 g/mol. The predicted octanol–water partition coefficient (Wildman–Crippen LogP) is 5.22. The average Bonchev–Trinajstić information content (AvgIpc) is 2.56. The molecule has 0 unspecified atom stereocenters. The third-order valence-corrected chi connectivity index (χ3v) is 4.24. The molecule has 3 heteroatoms. The van der Waals surface area contributed by atoms with Crippen LogP contribution in [0.4, 0.5) is 5.69 Å². The topological polar surface area (TPSA) is 38.3 Å². The summed E-state index contributed by atoms with van der Waals surface area (Å²) in [4.78, 5) is 12.0.